The van der Waals surface area contributed by atoms with E-state index in [1.54, 1.807) is 0 Å². The van der Waals surface area contributed by atoms with Gasteiger partial charge in [0.15, 0.2) is 0 Å². The summed E-state index contributed by atoms with van der Waals surface area (Å²) in [6, 6.07) is 12.4. The van der Waals surface area contributed by atoms with Gasteiger partial charge in [0.25, 0.3) is 0 Å². The molecule has 1 aliphatic heterocycles. The van der Waals surface area contributed by atoms with Crippen LogP contribution in [0, 0.1) is 5.92 Å². The lowest BCUT2D eigenvalue weighted by Crippen LogP contribution is -2.26. The van der Waals surface area contributed by atoms with E-state index < -0.39 is 0 Å². The molecular formula is C26H32N2O3. The number of anilines is 1. The van der Waals surface area contributed by atoms with E-state index in [0.29, 0.717) is 24.2 Å². The van der Waals surface area contributed by atoms with Crippen LogP contribution in [0.25, 0.3) is 0 Å². The molecule has 2 aliphatic carbocycles. The first-order valence-electron chi connectivity index (χ1n) is 11.8. The van der Waals surface area contributed by atoms with Crippen molar-refractivity contribution in [2.45, 2.75) is 70.0 Å². The number of benzene rings is 1. The van der Waals surface area contributed by atoms with Gasteiger partial charge in [-0.2, -0.15) is 0 Å². The summed E-state index contributed by atoms with van der Waals surface area (Å²) < 4.78 is 12.2. The molecule has 3 aliphatic rings. The lowest BCUT2D eigenvalue weighted by molar-refractivity contribution is -0.120. The molecule has 5 rings (SSSR count). The van der Waals surface area contributed by atoms with E-state index in [1.165, 1.54) is 12.0 Å². The number of hydrogen-bond donors (Lipinski definition) is 0. The van der Waals surface area contributed by atoms with Crippen LogP contribution < -0.4 is 14.4 Å². The molecule has 0 spiro atoms. The second-order valence-electron chi connectivity index (χ2n) is 9.41. The van der Waals surface area contributed by atoms with Gasteiger partial charge in [0.05, 0.1) is 6.54 Å². The molecule has 0 unspecified atom stereocenters. The molecule has 31 heavy (non-hydrogen) atoms. The smallest absolute Gasteiger partial charge is 0.215 e. The van der Waals surface area contributed by atoms with Crippen molar-refractivity contribution < 1.29 is 14.3 Å². The minimum Gasteiger partial charge on any atom is -0.489 e. The lowest BCUT2D eigenvalue weighted by atomic mass is 9.94. The van der Waals surface area contributed by atoms with Crippen LogP contribution in [0.4, 0.5) is 5.69 Å². The first kappa shape index (κ1) is 20.3. The van der Waals surface area contributed by atoms with Crippen LogP contribution in [-0.2, 0) is 4.79 Å². The molecule has 0 N–H and O–H groups in total. The van der Waals surface area contributed by atoms with Gasteiger partial charge >= 0.3 is 0 Å². The van der Waals surface area contributed by atoms with Crippen LogP contribution in [0.5, 0.6) is 11.6 Å². The number of carbonyl (C=O) groups excluding carboxylic acids is 1. The molecule has 1 aromatic heterocycles. The summed E-state index contributed by atoms with van der Waals surface area (Å²) in [6.07, 6.45) is 9.71. The molecule has 2 atom stereocenters. The number of carbonyl (C=O) groups is 1. The van der Waals surface area contributed by atoms with Gasteiger partial charge in [-0.05, 0) is 61.8 Å². The van der Waals surface area contributed by atoms with Gasteiger partial charge in [0.2, 0.25) is 5.88 Å². The number of pyridine rings is 1. The van der Waals surface area contributed by atoms with Crippen molar-refractivity contribution in [3.63, 3.8) is 0 Å². The standard InChI is InChI=1S/C26H32N2O3/c1-18(15-25(29)20-5-6-20)19-7-9-23(10-8-19)30-24-12-14-28(17-24)21-11-13-27-26(16-21)31-22-3-2-4-22/h7-11,13,16,18,20,22,24H,2-6,12,14-15,17H2,1H3/t18-,24-/m1/s1. The highest BCUT2D eigenvalue weighted by molar-refractivity contribution is 5.83. The molecular weight excluding hydrogens is 388 g/mol. The summed E-state index contributed by atoms with van der Waals surface area (Å²) in [7, 11) is 0. The molecule has 0 radical (unpaired) electrons. The number of aromatic nitrogens is 1. The van der Waals surface area contributed by atoms with E-state index in [0.717, 1.165) is 62.5 Å². The Balaban J connectivity index is 1.14. The number of rotatable bonds is 9. The zero-order chi connectivity index (χ0) is 21.2. The van der Waals surface area contributed by atoms with Gasteiger partial charge in [-0.15, -0.1) is 0 Å². The fourth-order valence-corrected chi connectivity index (χ4v) is 4.44. The number of hydrogen-bond acceptors (Lipinski definition) is 5. The average Bonchev–Trinajstić information content (AvgIpc) is 3.51. The van der Waals surface area contributed by atoms with Gasteiger partial charge in [0, 0.05) is 43.3 Å². The molecule has 5 heteroatoms. The fourth-order valence-electron chi connectivity index (χ4n) is 4.44. The second-order valence-corrected chi connectivity index (χ2v) is 9.41. The lowest BCUT2D eigenvalue weighted by Gasteiger charge is -2.26. The Kier molecular flexibility index (Phi) is 5.84. The third kappa shape index (κ3) is 5.03. The summed E-state index contributed by atoms with van der Waals surface area (Å²) >= 11 is 0. The van der Waals surface area contributed by atoms with Gasteiger partial charge in [-0.1, -0.05) is 19.1 Å². The normalized spacial score (nSPS) is 22.1. The molecule has 3 fully saturated rings. The molecule has 2 saturated carbocycles. The van der Waals surface area contributed by atoms with Gasteiger partial charge < -0.3 is 14.4 Å². The highest BCUT2D eigenvalue weighted by atomic mass is 16.5. The molecule has 1 aromatic carbocycles. The van der Waals surface area contributed by atoms with Crippen LogP contribution in [0.3, 0.4) is 0 Å². The molecule has 0 bridgehead atoms. The minimum atomic E-state index is 0.170. The van der Waals surface area contributed by atoms with Gasteiger partial charge in [-0.25, -0.2) is 4.98 Å². The highest BCUT2D eigenvalue weighted by Crippen LogP contribution is 2.34. The maximum absolute atomic E-state index is 12.1. The second kappa shape index (κ2) is 8.89. The number of ether oxygens (including phenoxy) is 2. The van der Waals surface area contributed by atoms with Gasteiger partial charge in [0.1, 0.15) is 23.7 Å². The Morgan fingerprint density at radius 2 is 1.87 bits per heavy atom. The van der Waals surface area contributed by atoms with E-state index in [9.17, 15) is 4.79 Å². The first-order valence-corrected chi connectivity index (χ1v) is 11.8. The van der Waals surface area contributed by atoms with Crippen molar-refractivity contribution in [3.8, 4) is 11.6 Å². The summed E-state index contributed by atoms with van der Waals surface area (Å²) in [5.41, 5.74) is 2.37. The maximum Gasteiger partial charge on any atom is 0.215 e. The third-order valence-electron chi connectivity index (χ3n) is 6.86. The number of Topliss-reactive ketones (excluding diaryl/α,β-unsaturated/α-hetero) is 1. The summed E-state index contributed by atoms with van der Waals surface area (Å²) in [4.78, 5) is 18.8. The zero-order valence-electron chi connectivity index (χ0n) is 18.3. The summed E-state index contributed by atoms with van der Waals surface area (Å²) in [5.74, 6) is 2.68. The Labute approximate surface area is 184 Å². The Bertz CT molecular complexity index is 905. The molecule has 164 valence electrons. The minimum absolute atomic E-state index is 0.170. The Hall–Kier alpha value is -2.56. The van der Waals surface area contributed by atoms with Crippen molar-refractivity contribution in [1.29, 1.82) is 0 Å². The molecule has 0 amide bonds. The molecule has 5 nitrogen and oxygen atoms in total. The topological polar surface area (TPSA) is 51.7 Å². The third-order valence-corrected chi connectivity index (χ3v) is 6.86. The van der Waals surface area contributed by atoms with Crippen molar-refractivity contribution >= 4 is 11.5 Å². The Morgan fingerprint density at radius 3 is 2.58 bits per heavy atom. The van der Waals surface area contributed by atoms with E-state index in [4.69, 9.17) is 9.47 Å². The summed E-state index contributed by atoms with van der Waals surface area (Å²) in [6.45, 7) is 3.97. The van der Waals surface area contributed by atoms with Crippen LogP contribution in [-0.4, -0.2) is 36.1 Å². The van der Waals surface area contributed by atoms with Crippen molar-refractivity contribution in [2.24, 2.45) is 5.92 Å². The van der Waals surface area contributed by atoms with Crippen LogP contribution in [0.2, 0.25) is 0 Å². The quantitative estimate of drug-likeness (QED) is 0.562. The van der Waals surface area contributed by atoms with Crippen molar-refractivity contribution in [3.05, 3.63) is 48.2 Å². The van der Waals surface area contributed by atoms with Crippen molar-refractivity contribution in [2.75, 3.05) is 18.0 Å². The largest absolute Gasteiger partial charge is 0.489 e. The maximum atomic E-state index is 12.1. The predicted octanol–water partition coefficient (Wildman–Crippen LogP) is 5.14. The predicted molar refractivity (Wildman–Crippen MR) is 121 cm³/mol. The summed E-state index contributed by atoms with van der Waals surface area (Å²) in [5, 5.41) is 0. The number of ketones is 1. The zero-order valence-corrected chi connectivity index (χ0v) is 18.3. The molecule has 2 heterocycles. The van der Waals surface area contributed by atoms with E-state index in [-0.39, 0.29) is 12.0 Å². The molecule has 2 aromatic rings. The van der Waals surface area contributed by atoms with E-state index >= 15 is 0 Å². The van der Waals surface area contributed by atoms with E-state index in [2.05, 4.69) is 41.1 Å². The highest BCUT2D eigenvalue weighted by Gasteiger charge is 2.30. The monoisotopic (exact) mass is 420 g/mol. The van der Waals surface area contributed by atoms with E-state index in [1.807, 2.05) is 18.3 Å². The fraction of sp³-hybridized carbons (Fsp3) is 0.538. The average molecular weight is 421 g/mol. The number of nitrogens with zero attached hydrogens (tertiary/aromatic N) is 2. The molecule has 1 saturated heterocycles. The SMILES string of the molecule is C[C@H](CC(=O)C1CC1)c1ccc(O[C@@H]2CCN(c3ccnc(OC4CCC4)c3)C2)cc1. The first-order chi connectivity index (χ1) is 15.1. The Morgan fingerprint density at radius 1 is 1.06 bits per heavy atom. The van der Waals surface area contributed by atoms with Crippen LogP contribution in [0.1, 0.15) is 63.4 Å². The van der Waals surface area contributed by atoms with Crippen LogP contribution in [0.15, 0.2) is 42.6 Å². The van der Waals surface area contributed by atoms with Gasteiger partial charge in [-0.3, -0.25) is 4.79 Å². The van der Waals surface area contributed by atoms with Crippen LogP contribution >= 0.6 is 0 Å². The van der Waals surface area contributed by atoms with Crippen molar-refractivity contribution in [1.82, 2.24) is 4.98 Å².